The monoisotopic (exact) mass is 367 g/mol. The van der Waals surface area contributed by atoms with Crippen LogP contribution in [0, 0.1) is 10.1 Å². The van der Waals surface area contributed by atoms with Crippen LogP contribution in [0.25, 0.3) is 11.0 Å². The maximum absolute atomic E-state index is 11.0. The van der Waals surface area contributed by atoms with Crippen LogP contribution in [0.5, 0.6) is 0 Å². The smallest absolute Gasteiger partial charge is 0.269 e. The molecule has 0 bridgehead atoms. The number of nitro groups is 1. The van der Waals surface area contributed by atoms with Crippen molar-refractivity contribution in [2.75, 3.05) is 31.1 Å². The molecule has 1 aliphatic heterocycles. The van der Waals surface area contributed by atoms with Gasteiger partial charge in [-0.3, -0.25) is 19.7 Å². The highest BCUT2D eigenvalue weighted by molar-refractivity contribution is 5.86. The van der Waals surface area contributed by atoms with E-state index in [2.05, 4.69) is 31.8 Å². The lowest BCUT2D eigenvalue weighted by molar-refractivity contribution is -0.384. The van der Waals surface area contributed by atoms with Crippen molar-refractivity contribution in [3.8, 4) is 0 Å². The Morgan fingerprint density at radius 1 is 1.19 bits per heavy atom. The van der Waals surface area contributed by atoms with Gasteiger partial charge in [0.25, 0.3) is 5.69 Å². The van der Waals surface area contributed by atoms with Crippen molar-refractivity contribution in [3.05, 3.63) is 52.5 Å². The second-order valence-corrected chi connectivity index (χ2v) is 6.75. The molecule has 3 heterocycles. The van der Waals surface area contributed by atoms with Crippen LogP contribution in [0.2, 0.25) is 0 Å². The summed E-state index contributed by atoms with van der Waals surface area (Å²) in [6.45, 7) is 5.48. The van der Waals surface area contributed by atoms with Crippen LogP contribution in [0.4, 0.5) is 11.5 Å². The Morgan fingerprint density at radius 3 is 2.70 bits per heavy atom. The molecule has 4 rings (SSSR count). The first kappa shape index (κ1) is 17.3. The summed E-state index contributed by atoms with van der Waals surface area (Å²) in [4.78, 5) is 24.0. The van der Waals surface area contributed by atoms with E-state index >= 15 is 0 Å². The average molecular weight is 367 g/mol. The summed E-state index contributed by atoms with van der Waals surface area (Å²) in [6.07, 6.45) is 3.39. The molecule has 0 amide bonds. The molecule has 0 aliphatic carbocycles. The third-order valence-corrected chi connectivity index (χ3v) is 5.23. The largest absolute Gasteiger partial charge is 0.353 e. The fourth-order valence-electron chi connectivity index (χ4n) is 3.63. The summed E-state index contributed by atoms with van der Waals surface area (Å²) in [5.41, 5.74) is 1.93. The molecule has 0 radical (unpaired) electrons. The van der Waals surface area contributed by atoms with E-state index in [1.807, 2.05) is 19.3 Å². The molecular formula is C18H21N7O2. The zero-order valence-electron chi connectivity index (χ0n) is 15.3. The number of hydrogen-bond acceptors (Lipinski definition) is 7. The zero-order valence-corrected chi connectivity index (χ0v) is 15.3. The normalized spacial score (nSPS) is 16.6. The van der Waals surface area contributed by atoms with E-state index in [0.717, 1.165) is 48.6 Å². The van der Waals surface area contributed by atoms with Crippen molar-refractivity contribution in [1.29, 1.82) is 0 Å². The number of hydrogen-bond donors (Lipinski definition) is 0. The molecule has 1 unspecified atom stereocenters. The van der Waals surface area contributed by atoms with Crippen molar-refractivity contribution in [3.63, 3.8) is 0 Å². The minimum Gasteiger partial charge on any atom is -0.353 e. The Morgan fingerprint density at radius 2 is 1.96 bits per heavy atom. The summed E-state index contributed by atoms with van der Waals surface area (Å²) in [5, 5.41) is 16.3. The van der Waals surface area contributed by atoms with Crippen molar-refractivity contribution in [2.24, 2.45) is 7.05 Å². The molecular weight excluding hydrogens is 346 g/mol. The molecule has 1 atom stereocenters. The zero-order chi connectivity index (χ0) is 19.0. The van der Waals surface area contributed by atoms with E-state index in [0.29, 0.717) is 0 Å². The van der Waals surface area contributed by atoms with Crippen LogP contribution in [-0.4, -0.2) is 55.8 Å². The van der Waals surface area contributed by atoms with Crippen molar-refractivity contribution < 1.29 is 4.92 Å². The number of anilines is 1. The van der Waals surface area contributed by atoms with Gasteiger partial charge in [0.05, 0.1) is 16.5 Å². The molecule has 0 saturated carbocycles. The summed E-state index contributed by atoms with van der Waals surface area (Å²) >= 11 is 0. The van der Waals surface area contributed by atoms with Gasteiger partial charge in [0, 0.05) is 51.4 Å². The molecule has 1 aliphatic rings. The quantitative estimate of drug-likeness (QED) is 0.515. The average Bonchev–Trinajstić information content (AvgIpc) is 3.09. The molecule has 0 spiro atoms. The highest BCUT2D eigenvalue weighted by Crippen LogP contribution is 2.27. The number of fused-ring (bicyclic) bond motifs is 1. The molecule has 9 nitrogen and oxygen atoms in total. The lowest BCUT2D eigenvalue weighted by atomic mass is 10.1. The molecule has 1 saturated heterocycles. The van der Waals surface area contributed by atoms with Gasteiger partial charge in [0.2, 0.25) is 0 Å². The Hall–Kier alpha value is -3.07. The van der Waals surface area contributed by atoms with E-state index in [9.17, 15) is 10.1 Å². The second kappa shape index (κ2) is 6.92. The molecule has 1 fully saturated rings. The number of benzene rings is 1. The lowest BCUT2D eigenvalue weighted by Crippen LogP contribution is -2.47. The van der Waals surface area contributed by atoms with Crippen molar-refractivity contribution in [2.45, 2.75) is 13.0 Å². The maximum Gasteiger partial charge on any atom is 0.269 e. The van der Waals surface area contributed by atoms with Crippen molar-refractivity contribution >= 4 is 22.5 Å². The first-order chi connectivity index (χ1) is 13.0. The summed E-state index contributed by atoms with van der Waals surface area (Å²) < 4.78 is 1.75. The number of aromatic nitrogens is 4. The molecule has 2 aromatic heterocycles. The summed E-state index contributed by atoms with van der Waals surface area (Å²) in [5.74, 6) is 0.913. The maximum atomic E-state index is 11.0. The lowest BCUT2D eigenvalue weighted by Gasteiger charge is -2.38. The molecule has 27 heavy (non-hydrogen) atoms. The van der Waals surface area contributed by atoms with Gasteiger partial charge in [-0.15, -0.1) is 0 Å². The van der Waals surface area contributed by atoms with Crippen LogP contribution in [0.15, 0.2) is 36.8 Å². The third-order valence-electron chi connectivity index (χ3n) is 5.23. The minimum absolute atomic E-state index is 0.121. The highest BCUT2D eigenvalue weighted by Gasteiger charge is 2.25. The topological polar surface area (TPSA) is 93.2 Å². The number of aryl methyl sites for hydroxylation is 1. The van der Waals surface area contributed by atoms with E-state index in [1.54, 1.807) is 23.1 Å². The molecule has 140 valence electrons. The summed E-state index contributed by atoms with van der Waals surface area (Å²) in [6, 6.07) is 7.02. The van der Waals surface area contributed by atoms with Gasteiger partial charge in [-0.1, -0.05) is 12.1 Å². The van der Waals surface area contributed by atoms with Gasteiger partial charge in [-0.05, 0) is 12.5 Å². The van der Waals surface area contributed by atoms with Crippen LogP contribution in [0.1, 0.15) is 18.5 Å². The Labute approximate surface area is 156 Å². The Balaban J connectivity index is 1.48. The SMILES string of the molecule is CC(c1cccc([N+](=O)[O-])c1)N1CCN(c2ncnc3c2cnn3C)CC1. The van der Waals surface area contributed by atoms with Crippen LogP contribution >= 0.6 is 0 Å². The molecule has 9 heteroatoms. The Kier molecular flexibility index (Phi) is 4.44. The number of rotatable bonds is 4. The van der Waals surface area contributed by atoms with E-state index < -0.39 is 0 Å². The molecule has 3 aromatic rings. The highest BCUT2D eigenvalue weighted by atomic mass is 16.6. The van der Waals surface area contributed by atoms with E-state index in [1.165, 1.54) is 6.07 Å². The van der Waals surface area contributed by atoms with Gasteiger partial charge >= 0.3 is 0 Å². The third kappa shape index (κ3) is 3.21. The number of non-ortho nitro benzene ring substituents is 1. The fraction of sp³-hybridized carbons (Fsp3) is 0.389. The standard InChI is InChI=1S/C18H21N7O2/c1-13(14-4-3-5-15(10-14)25(26)27)23-6-8-24(9-7-23)18-16-11-21-22(2)17(16)19-12-20-18/h3-5,10-13H,6-9H2,1-2H3. The van der Waals surface area contributed by atoms with Crippen molar-refractivity contribution in [1.82, 2.24) is 24.6 Å². The van der Waals surface area contributed by atoms with Gasteiger partial charge in [0.15, 0.2) is 5.65 Å². The van der Waals surface area contributed by atoms with Crippen LogP contribution < -0.4 is 4.90 Å². The first-order valence-electron chi connectivity index (χ1n) is 8.90. The Bertz CT molecular complexity index is 979. The number of nitro benzene ring substituents is 1. The summed E-state index contributed by atoms with van der Waals surface area (Å²) in [7, 11) is 1.87. The van der Waals surface area contributed by atoms with Gasteiger partial charge in [-0.25, -0.2) is 9.97 Å². The molecule has 0 N–H and O–H groups in total. The molecule has 1 aromatic carbocycles. The first-order valence-corrected chi connectivity index (χ1v) is 8.90. The number of piperazine rings is 1. The van der Waals surface area contributed by atoms with E-state index in [4.69, 9.17) is 0 Å². The second-order valence-electron chi connectivity index (χ2n) is 6.75. The number of nitrogens with zero attached hydrogens (tertiary/aromatic N) is 7. The van der Waals surface area contributed by atoms with Gasteiger partial charge in [-0.2, -0.15) is 5.10 Å². The predicted molar refractivity (Wildman–Crippen MR) is 102 cm³/mol. The van der Waals surface area contributed by atoms with Gasteiger partial charge in [0.1, 0.15) is 12.1 Å². The van der Waals surface area contributed by atoms with Crippen LogP contribution in [0.3, 0.4) is 0 Å². The van der Waals surface area contributed by atoms with E-state index in [-0.39, 0.29) is 16.7 Å². The predicted octanol–water partition coefficient (Wildman–Crippen LogP) is 2.15. The van der Waals surface area contributed by atoms with Crippen LogP contribution in [-0.2, 0) is 7.05 Å². The minimum atomic E-state index is -0.345. The fourth-order valence-corrected chi connectivity index (χ4v) is 3.63. The van der Waals surface area contributed by atoms with Gasteiger partial charge < -0.3 is 4.90 Å².